The van der Waals surface area contributed by atoms with Crippen LogP contribution in [-0.2, 0) is 4.79 Å². The molecule has 0 saturated heterocycles. The highest BCUT2D eigenvalue weighted by molar-refractivity contribution is 6.55. The van der Waals surface area contributed by atoms with Crippen molar-refractivity contribution in [2.24, 2.45) is 22.4 Å². The molecule has 2 rings (SSSR count). The summed E-state index contributed by atoms with van der Waals surface area (Å²) in [6, 6.07) is 8.94. The van der Waals surface area contributed by atoms with Gasteiger partial charge < -0.3 is 0 Å². The number of allylic oxidation sites excluding steroid dienone is 1. The fourth-order valence-electron chi connectivity index (χ4n) is 2.51. The molecule has 1 aliphatic rings. The molecule has 114 valence electrons. The highest BCUT2D eigenvalue weighted by Gasteiger charge is 2.60. The fraction of sp³-hybridized carbons (Fsp3) is 0.312. The van der Waals surface area contributed by atoms with E-state index < -0.39 is 0 Å². The van der Waals surface area contributed by atoms with Crippen molar-refractivity contribution in [3.05, 3.63) is 46.0 Å². The second kappa shape index (κ2) is 6.51. The van der Waals surface area contributed by atoms with E-state index in [0.717, 1.165) is 5.56 Å². The predicted molar refractivity (Wildman–Crippen MR) is 87.4 cm³/mol. The second-order valence-electron chi connectivity index (χ2n) is 5.75. The van der Waals surface area contributed by atoms with Crippen LogP contribution in [0.1, 0.15) is 25.0 Å². The van der Waals surface area contributed by atoms with Gasteiger partial charge in [-0.05, 0) is 35.1 Å². The van der Waals surface area contributed by atoms with Crippen LogP contribution in [0.3, 0.4) is 0 Å². The molecule has 2 atom stereocenters. The molecule has 0 unspecified atom stereocenters. The Morgan fingerprint density at radius 1 is 1.36 bits per heavy atom. The first-order valence-corrected chi connectivity index (χ1v) is 7.47. The van der Waals surface area contributed by atoms with Gasteiger partial charge in [-0.2, -0.15) is 10.4 Å². The van der Waals surface area contributed by atoms with Gasteiger partial charge in [0.25, 0.3) is 0 Å². The summed E-state index contributed by atoms with van der Waals surface area (Å²) >= 11 is 11.3. The molecule has 1 aromatic carbocycles. The van der Waals surface area contributed by atoms with Crippen molar-refractivity contribution in [2.75, 3.05) is 0 Å². The van der Waals surface area contributed by atoms with Crippen molar-refractivity contribution in [1.29, 1.82) is 5.26 Å². The summed E-state index contributed by atoms with van der Waals surface area (Å²) in [6.07, 6.45) is 3.23. The van der Waals surface area contributed by atoms with Gasteiger partial charge in [-0.25, -0.2) is 5.43 Å². The minimum Gasteiger partial charge on any atom is -0.273 e. The molecule has 0 aromatic heterocycles. The monoisotopic (exact) mass is 335 g/mol. The molecule has 22 heavy (non-hydrogen) atoms. The molecule has 1 N–H and O–H groups in total. The third-order valence-electron chi connectivity index (χ3n) is 3.93. The number of benzene rings is 1. The Kier molecular flexibility index (Phi) is 4.90. The number of carbonyl (C=O) groups is 1. The number of hydrogen-bond donors (Lipinski definition) is 1. The van der Waals surface area contributed by atoms with Crippen LogP contribution in [0.4, 0.5) is 0 Å². The number of amides is 1. The van der Waals surface area contributed by atoms with Crippen LogP contribution in [0, 0.1) is 28.6 Å². The van der Waals surface area contributed by atoms with Gasteiger partial charge in [0.15, 0.2) is 0 Å². The number of rotatable bonds is 4. The summed E-state index contributed by atoms with van der Waals surface area (Å²) in [6.45, 7) is 3.97. The number of hydrazone groups is 1. The third kappa shape index (κ3) is 3.68. The maximum atomic E-state index is 12.1. The number of carbonyl (C=O) groups excluding carboxylic acids is 1. The molecule has 0 bridgehead atoms. The summed E-state index contributed by atoms with van der Waals surface area (Å²) in [7, 11) is 0. The van der Waals surface area contributed by atoms with E-state index >= 15 is 0 Å². The smallest absolute Gasteiger partial charge is 0.244 e. The summed E-state index contributed by atoms with van der Waals surface area (Å²) in [5.41, 5.74) is 3.73. The van der Waals surface area contributed by atoms with Crippen LogP contribution in [0.25, 0.3) is 0 Å². The number of nitrogens with one attached hydrogen (secondary N) is 1. The molecule has 6 heteroatoms. The summed E-state index contributed by atoms with van der Waals surface area (Å²) in [5, 5.41) is 12.7. The molecule has 1 saturated carbocycles. The van der Waals surface area contributed by atoms with E-state index in [4.69, 9.17) is 28.5 Å². The maximum absolute atomic E-state index is 12.1. The van der Waals surface area contributed by atoms with Crippen molar-refractivity contribution in [3.63, 3.8) is 0 Å². The largest absolute Gasteiger partial charge is 0.273 e. The van der Waals surface area contributed by atoms with Gasteiger partial charge in [0.1, 0.15) is 4.49 Å². The SMILES string of the molecule is CC1(C)[C@H](C(=O)N/N=C\c2ccc(C#N)cc2)[C@@H]1C=C(Cl)Cl. The van der Waals surface area contributed by atoms with Gasteiger partial charge in [0.05, 0.1) is 23.8 Å². The van der Waals surface area contributed by atoms with Gasteiger partial charge in [0.2, 0.25) is 5.91 Å². The van der Waals surface area contributed by atoms with Crippen molar-refractivity contribution >= 4 is 35.3 Å². The highest BCUT2D eigenvalue weighted by atomic mass is 35.5. The Morgan fingerprint density at radius 3 is 2.55 bits per heavy atom. The van der Waals surface area contributed by atoms with Crippen molar-refractivity contribution < 1.29 is 4.79 Å². The lowest BCUT2D eigenvalue weighted by Gasteiger charge is -2.01. The lowest BCUT2D eigenvalue weighted by molar-refractivity contribution is -0.123. The Bertz CT molecular complexity index is 668. The molecular formula is C16H15Cl2N3O. The standard InChI is InChI=1S/C16H15Cl2N3O/c1-16(2)12(7-13(17)18)14(16)15(22)21-20-9-11-5-3-10(8-19)4-6-11/h3-7,9,12,14H,1-2H3,(H,21,22)/b20-9-/t12-,14-/m0/s1. The molecule has 0 radical (unpaired) electrons. The van der Waals surface area contributed by atoms with E-state index in [0.29, 0.717) is 5.56 Å². The number of hydrogen-bond acceptors (Lipinski definition) is 3. The van der Waals surface area contributed by atoms with Gasteiger partial charge in [-0.15, -0.1) is 0 Å². The van der Waals surface area contributed by atoms with Gasteiger partial charge >= 0.3 is 0 Å². The molecular weight excluding hydrogens is 321 g/mol. The Hall–Kier alpha value is -1.83. The normalized spacial score (nSPS) is 22.0. The number of nitrogens with zero attached hydrogens (tertiary/aromatic N) is 2. The molecule has 0 heterocycles. The molecule has 1 fully saturated rings. The van der Waals surface area contributed by atoms with Crippen molar-refractivity contribution in [1.82, 2.24) is 5.43 Å². The van der Waals surface area contributed by atoms with Gasteiger partial charge in [-0.1, -0.05) is 49.2 Å². The van der Waals surface area contributed by atoms with Gasteiger partial charge in [0, 0.05) is 0 Å². The lowest BCUT2D eigenvalue weighted by atomic mass is 10.1. The van der Waals surface area contributed by atoms with E-state index in [-0.39, 0.29) is 27.6 Å². The van der Waals surface area contributed by atoms with Crippen LogP contribution in [-0.4, -0.2) is 12.1 Å². The molecule has 1 aliphatic carbocycles. The Morgan fingerprint density at radius 2 is 2.00 bits per heavy atom. The molecule has 1 aromatic rings. The zero-order valence-electron chi connectivity index (χ0n) is 12.2. The Labute approximate surface area is 139 Å². The van der Waals surface area contributed by atoms with E-state index in [1.54, 1.807) is 30.3 Å². The zero-order chi connectivity index (χ0) is 16.3. The minimum atomic E-state index is -0.196. The molecule has 0 aliphatic heterocycles. The van der Waals surface area contributed by atoms with E-state index in [1.807, 2.05) is 19.9 Å². The Balaban J connectivity index is 1.94. The topological polar surface area (TPSA) is 65.2 Å². The number of halogens is 2. The zero-order valence-corrected chi connectivity index (χ0v) is 13.7. The van der Waals surface area contributed by atoms with Crippen molar-refractivity contribution in [2.45, 2.75) is 13.8 Å². The molecule has 4 nitrogen and oxygen atoms in total. The second-order valence-corrected chi connectivity index (χ2v) is 6.76. The average molecular weight is 336 g/mol. The average Bonchev–Trinajstić information content (AvgIpc) is 2.99. The molecule has 0 spiro atoms. The predicted octanol–water partition coefficient (Wildman–Crippen LogP) is 3.60. The van der Waals surface area contributed by atoms with Gasteiger partial charge in [-0.3, -0.25) is 4.79 Å². The van der Waals surface area contributed by atoms with E-state index in [2.05, 4.69) is 10.5 Å². The first-order valence-electron chi connectivity index (χ1n) is 6.72. The highest BCUT2D eigenvalue weighted by Crippen LogP contribution is 2.59. The summed E-state index contributed by atoms with van der Waals surface area (Å²) in [4.78, 5) is 12.1. The summed E-state index contributed by atoms with van der Waals surface area (Å²) in [5.74, 6) is -0.341. The van der Waals surface area contributed by atoms with E-state index in [1.165, 1.54) is 6.21 Å². The quantitative estimate of drug-likeness (QED) is 0.674. The molecule has 1 amide bonds. The maximum Gasteiger partial charge on any atom is 0.244 e. The fourth-order valence-corrected chi connectivity index (χ4v) is 2.78. The first kappa shape index (κ1) is 16.5. The van der Waals surface area contributed by atoms with E-state index in [9.17, 15) is 4.79 Å². The summed E-state index contributed by atoms with van der Waals surface area (Å²) < 4.78 is 0.175. The number of nitriles is 1. The van der Waals surface area contributed by atoms with Crippen LogP contribution in [0.15, 0.2) is 39.9 Å². The first-order chi connectivity index (χ1) is 10.4. The lowest BCUT2D eigenvalue weighted by Crippen LogP contribution is -2.21. The third-order valence-corrected chi connectivity index (χ3v) is 4.18. The van der Waals surface area contributed by atoms with Crippen LogP contribution >= 0.6 is 23.2 Å². The van der Waals surface area contributed by atoms with Crippen LogP contribution in [0.2, 0.25) is 0 Å². The van der Waals surface area contributed by atoms with Crippen LogP contribution in [0.5, 0.6) is 0 Å². The minimum absolute atomic E-state index is 0.0163. The van der Waals surface area contributed by atoms with Crippen molar-refractivity contribution in [3.8, 4) is 6.07 Å². The van der Waals surface area contributed by atoms with Crippen LogP contribution < -0.4 is 5.43 Å².